The zero-order valence-electron chi connectivity index (χ0n) is 2.04. The van der Waals surface area contributed by atoms with Crippen molar-refractivity contribution < 1.29 is 17.8 Å². The third-order valence-corrected chi connectivity index (χ3v) is 0. The van der Waals surface area contributed by atoms with E-state index in [2.05, 4.69) is 37.2 Å². The molecule has 1 nitrogen and oxygen atoms in total. The summed E-state index contributed by atoms with van der Waals surface area (Å²) in [7, 11) is 1.72. The molecule has 0 saturated heterocycles. The Hall–Kier alpha value is 2.29. The van der Waals surface area contributed by atoms with Crippen LogP contribution in [0.15, 0.2) is 0 Å². The summed E-state index contributed by atoms with van der Waals surface area (Å²) in [4.78, 5) is 0. The van der Waals surface area contributed by atoms with Gasteiger partial charge in [-0.2, -0.15) is 0 Å². The van der Waals surface area contributed by atoms with Gasteiger partial charge in [0.25, 0.3) is 0 Å². The van der Waals surface area contributed by atoms with E-state index in [0.717, 1.165) is 0 Å². The molecule has 0 aliphatic carbocycles. The summed E-state index contributed by atoms with van der Waals surface area (Å²) in [6.07, 6.45) is 0. The predicted molar refractivity (Wildman–Crippen MR) is 37.0 cm³/mol. The number of halogens is 3. The largest absolute Gasteiger partial charge is 0.279 e. The molecule has 0 bridgehead atoms. The van der Waals surface area contributed by atoms with Crippen LogP contribution in [0.3, 0.4) is 0 Å². The molecule has 0 aromatic carbocycles. The van der Waals surface area contributed by atoms with Gasteiger partial charge < -0.3 is 0 Å². The number of hydrogen-bond acceptors (Lipinski definition) is 1. The Morgan fingerprint density at radius 2 is 1.40 bits per heavy atom. The first-order valence-electron chi connectivity index (χ1n) is 0.490. The average Bonchev–Trinajstić information content (AvgIpc) is 1.46. The van der Waals surface area contributed by atoms with Gasteiger partial charge in [-0.1, -0.05) is 0 Å². The molecule has 0 amide bonds. The maximum atomic E-state index is 8.06. The maximum absolute atomic E-state index is 8.06. The van der Waals surface area contributed by atoms with Gasteiger partial charge in [-0.3, -0.25) is 4.57 Å². The summed E-state index contributed by atoms with van der Waals surface area (Å²) in [5, 5.41) is 0. The van der Waals surface area contributed by atoms with Crippen molar-refractivity contribution in [1.29, 1.82) is 0 Å². The van der Waals surface area contributed by atoms with Crippen molar-refractivity contribution in [3.8, 4) is 0 Å². The first-order chi connectivity index (χ1) is 2.41. The Morgan fingerprint density at radius 3 is 1.40 bits per heavy atom. The van der Waals surface area contributed by atoms with Crippen molar-refractivity contribution in [3.05, 3.63) is 0 Å². The molecule has 0 aromatic heterocycles. The summed E-state index contributed by atoms with van der Waals surface area (Å²) in [6, 6.07) is 0. The van der Waals surface area contributed by atoms with Gasteiger partial charge >= 0.3 is 50.5 Å². The van der Waals surface area contributed by atoms with Gasteiger partial charge in [0, 0.05) is 0 Å². The van der Waals surface area contributed by atoms with Gasteiger partial charge in [-0.15, -0.1) is 0 Å². The predicted octanol–water partition coefficient (Wildman–Crippen LogP) is -0.750. The monoisotopic (exact) mass is 429 g/mol. The van der Waals surface area contributed by atoms with Gasteiger partial charge in [0.05, 0.1) is 0 Å². The Bertz CT molecular complexity index is 10.9. The van der Waals surface area contributed by atoms with E-state index in [-0.39, 0.29) is 0 Å². The Morgan fingerprint density at radius 1 is 1.40 bits per heavy atom. The molecule has 0 aliphatic heterocycles. The molecule has 0 rings (SSSR count). The van der Waals surface area contributed by atoms with Gasteiger partial charge in [0.1, 0.15) is 9.12 Å². The van der Waals surface area contributed by atoms with Crippen LogP contribution in [0, 0.1) is 0 Å². The van der Waals surface area contributed by atoms with Crippen molar-refractivity contribution in [1.82, 2.24) is 0 Å². The third-order valence-electron chi connectivity index (χ3n) is 0. The summed E-state index contributed by atoms with van der Waals surface area (Å²) < 4.78 is 8.06. The van der Waals surface area contributed by atoms with Crippen LogP contribution in [0.1, 0.15) is 0 Å². The van der Waals surface area contributed by atoms with Crippen LogP contribution in [0.2, 0.25) is 0 Å². The van der Waals surface area contributed by atoms with Crippen LogP contribution < -0.4 is 13.3 Å². The fraction of sp³-hybridized carbons (Fsp3) is 0. The molecule has 0 radical (unpaired) electrons. The Labute approximate surface area is 62.9 Å². The molecular weight excluding hydrogens is 428 g/mol. The summed E-state index contributed by atoms with van der Waals surface area (Å²) >= 11 is 5.30. The first-order valence-corrected chi connectivity index (χ1v) is 13.5. The second-order valence-corrected chi connectivity index (χ2v) is 16.3. The fourth-order valence-corrected chi connectivity index (χ4v) is 0. The summed E-state index contributed by atoms with van der Waals surface area (Å²) in [5.41, 5.74) is 0. The normalized spacial score (nSPS) is 5.20. The molecule has 0 fully saturated rings. The molecule has 0 atom stereocenters. The van der Waals surface area contributed by atoms with Crippen molar-refractivity contribution in [3.63, 3.8) is 0 Å². The second kappa shape index (κ2) is 16.3. The first kappa shape index (κ1) is 10.3. The SMILES string of the molecule is I[I-]I.O=P. The molecule has 0 aromatic rings. The number of hydrogen-bond donors (Lipinski definition) is 0. The minimum absolute atomic E-state index is 0.530. The minimum Gasteiger partial charge on any atom is -0.279 e. The van der Waals surface area contributed by atoms with Gasteiger partial charge in [0.2, 0.25) is 0 Å². The van der Waals surface area contributed by atoms with Crippen LogP contribution in [-0.2, 0) is 4.57 Å². The third kappa shape index (κ3) is 22.1. The van der Waals surface area contributed by atoms with Crippen LogP contribution in [0.25, 0.3) is 0 Å². The molecule has 0 spiro atoms. The smallest absolute Gasteiger partial charge is 0.138 e. The van der Waals surface area contributed by atoms with E-state index in [4.69, 9.17) is 4.57 Å². The van der Waals surface area contributed by atoms with E-state index in [1.54, 1.807) is 9.12 Å². The zero-order chi connectivity index (χ0) is 4.71. The molecule has 0 aliphatic rings. The fourth-order valence-electron chi connectivity index (χ4n) is 0. The van der Waals surface area contributed by atoms with Crippen molar-refractivity contribution >= 4 is 46.4 Å². The molecule has 5 heavy (non-hydrogen) atoms. The quantitative estimate of drug-likeness (QED) is 0.367. The van der Waals surface area contributed by atoms with Gasteiger partial charge in [0.15, 0.2) is 0 Å². The van der Waals surface area contributed by atoms with Crippen molar-refractivity contribution in [2.45, 2.75) is 0 Å². The molecule has 34 valence electrons. The van der Waals surface area contributed by atoms with Crippen LogP contribution in [0.4, 0.5) is 0 Å². The maximum Gasteiger partial charge on any atom is 0.138 e. The van der Waals surface area contributed by atoms with E-state index < -0.39 is 0 Å². The number of rotatable bonds is 0. The van der Waals surface area contributed by atoms with E-state index in [0.29, 0.717) is 13.3 Å². The van der Waals surface area contributed by atoms with E-state index >= 15 is 0 Å². The van der Waals surface area contributed by atoms with Crippen LogP contribution in [0.5, 0.6) is 0 Å². The Kier molecular flexibility index (Phi) is 33.5. The van der Waals surface area contributed by atoms with Crippen molar-refractivity contribution in [2.75, 3.05) is 0 Å². The molecular formula is HI3OP-. The van der Waals surface area contributed by atoms with Crippen LogP contribution in [-0.4, -0.2) is 0 Å². The minimum atomic E-state index is 0.530. The average molecular weight is 429 g/mol. The Balaban J connectivity index is 0. The second-order valence-electron chi connectivity index (χ2n) is 0.0540. The van der Waals surface area contributed by atoms with Gasteiger partial charge in [-0.05, 0) is 0 Å². The van der Waals surface area contributed by atoms with E-state index in [1.807, 2.05) is 0 Å². The molecule has 0 N–H and O–H groups in total. The van der Waals surface area contributed by atoms with Gasteiger partial charge in [-0.25, -0.2) is 0 Å². The van der Waals surface area contributed by atoms with Crippen molar-refractivity contribution in [2.24, 2.45) is 0 Å². The zero-order valence-corrected chi connectivity index (χ0v) is 9.51. The van der Waals surface area contributed by atoms with E-state index in [1.165, 1.54) is 0 Å². The molecule has 0 unspecified atom stereocenters. The molecule has 5 heteroatoms. The van der Waals surface area contributed by atoms with E-state index in [9.17, 15) is 0 Å². The van der Waals surface area contributed by atoms with Crippen LogP contribution >= 0.6 is 46.4 Å². The summed E-state index contributed by atoms with van der Waals surface area (Å²) in [5.74, 6) is 0. The standard InChI is InChI=1S/I3.HOP/c1-3-2;1-2/h;2H/q-1;. The summed E-state index contributed by atoms with van der Waals surface area (Å²) in [6.45, 7) is 0. The topological polar surface area (TPSA) is 17.1 Å². The molecule has 0 saturated carbocycles. The molecule has 0 heterocycles.